The van der Waals surface area contributed by atoms with Gasteiger partial charge in [-0.2, -0.15) is 0 Å². The molecule has 0 aliphatic heterocycles. The highest BCUT2D eigenvalue weighted by Crippen LogP contribution is 2.30. The molecule has 3 aromatic rings. The zero-order valence-corrected chi connectivity index (χ0v) is 14.2. The maximum Gasteiger partial charge on any atom is 0.343 e. The fourth-order valence-electron chi connectivity index (χ4n) is 2.50. The SMILES string of the molecule is [2H]C([2H])(Cc1c[nH]c2cccc(OC(=O)c3ccccc3)c12)[N+](C)(C)C. The number of benzene rings is 2. The number of carbonyl (C=O) groups is 1. The van der Waals surface area contributed by atoms with Crippen molar-refractivity contribution in [2.75, 3.05) is 27.6 Å². The van der Waals surface area contributed by atoms with Gasteiger partial charge < -0.3 is 14.2 Å². The Morgan fingerprint density at radius 2 is 1.88 bits per heavy atom. The van der Waals surface area contributed by atoms with Crippen LogP contribution in [0.4, 0.5) is 0 Å². The average molecular weight is 325 g/mol. The fraction of sp³-hybridized carbons (Fsp3) is 0.250. The number of nitrogens with zero attached hydrogens (tertiary/aromatic N) is 1. The van der Waals surface area contributed by atoms with Crippen LogP contribution in [-0.2, 0) is 6.42 Å². The van der Waals surface area contributed by atoms with Crippen molar-refractivity contribution in [3.05, 3.63) is 65.9 Å². The molecule has 0 unspecified atom stereocenters. The number of H-pyrrole nitrogens is 1. The van der Waals surface area contributed by atoms with Gasteiger partial charge >= 0.3 is 5.97 Å². The molecule has 0 aliphatic rings. The van der Waals surface area contributed by atoms with Gasteiger partial charge in [-0.25, -0.2) is 4.79 Å². The summed E-state index contributed by atoms with van der Waals surface area (Å²) in [5, 5.41) is 0.745. The molecule has 0 amide bonds. The molecule has 0 fully saturated rings. The van der Waals surface area contributed by atoms with Crippen molar-refractivity contribution in [1.82, 2.24) is 4.98 Å². The number of ether oxygens (including phenoxy) is 1. The highest BCUT2D eigenvalue weighted by atomic mass is 16.5. The molecule has 0 saturated heterocycles. The van der Waals surface area contributed by atoms with E-state index in [0.717, 1.165) is 16.5 Å². The predicted molar refractivity (Wildman–Crippen MR) is 96.3 cm³/mol. The molecule has 1 heterocycles. The Morgan fingerprint density at radius 3 is 2.58 bits per heavy atom. The van der Waals surface area contributed by atoms with E-state index >= 15 is 0 Å². The molecule has 124 valence electrons. The molecule has 4 nitrogen and oxygen atoms in total. The van der Waals surface area contributed by atoms with Gasteiger partial charge in [0.25, 0.3) is 0 Å². The number of fused-ring (bicyclic) bond motifs is 1. The van der Waals surface area contributed by atoms with Crippen molar-refractivity contribution >= 4 is 16.9 Å². The Kier molecular flexibility index (Phi) is 3.74. The van der Waals surface area contributed by atoms with E-state index in [1.165, 1.54) is 0 Å². The number of hydrogen-bond donors (Lipinski definition) is 1. The van der Waals surface area contributed by atoms with Crippen LogP contribution < -0.4 is 4.74 Å². The molecule has 2 aromatic carbocycles. The average Bonchev–Trinajstić information content (AvgIpc) is 2.98. The summed E-state index contributed by atoms with van der Waals surface area (Å²) >= 11 is 0. The van der Waals surface area contributed by atoms with E-state index in [1.807, 2.05) is 39.3 Å². The highest BCUT2D eigenvalue weighted by Gasteiger charge is 2.16. The topological polar surface area (TPSA) is 42.1 Å². The maximum atomic E-state index is 12.4. The summed E-state index contributed by atoms with van der Waals surface area (Å²) in [6, 6.07) is 14.3. The van der Waals surface area contributed by atoms with Gasteiger partial charge in [-0.1, -0.05) is 24.3 Å². The Morgan fingerprint density at radius 1 is 1.12 bits per heavy atom. The van der Waals surface area contributed by atoms with E-state index in [0.29, 0.717) is 11.3 Å². The number of carbonyl (C=O) groups excluding carboxylic acids is 1. The summed E-state index contributed by atoms with van der Waals surface area (Å²) < 4.78 is 22.6. The van der Waals surface area contributed by atoms with Gasteiger partial charge in [0.05, 0.1) is 35.9 Å². The molecule has 1 aromatic heterocycles. The van der Waals surface area contributed by atoms with Crippen LogP contribution in [0, 0.1) is 0 Å². The number of aromatic amines is 1. The first kappa shape index (κ1) is 13.8. The molecule has 24 heavy (non-hydrogen) atoms. The number of esters is 1. The van der Waals surface area contributed by atoms with E-state index in [1.54, 1.807) is 36.5 Å². The van der Waals surface area contributed by atoms with Crippen LogP contribution in [0.3, 0.4) is 0 Å². The first-order valence-corrected chi connectivity index (χ1v) is 7.87. The third kappa shape index (κ3) is 3.66. The first-order chi connectivity index (χ1) is 12.2. The Balaban J connectivity index is 1.97. The minimum atomic E-state index is -1.47. The standard InChI is InChI=1S/C20H23N2O2/c1-22(2,3)13-12-16-14-21-17-10-7-11-18(19(16)17)24-20(23)15-8-5-4-6-9-15/h4-11,14,21H,12-13H2,1-3H3/q+1/i13D2. The lowest BCUT2D eigenvalue weighted by molar-refractivity contribution is -0.870. The number of aryl methyl sites for hydroxylation is 1. The van der Waals surface area contributed by atoms with Crippen LogP contribution >= 0.6 is 0 Å². The van der Waals surface area contributed by atoms with Crippen LogP contribution in [-0.4, -0.2) is 43.1 Å². The number of likely N-dealkylation sites (N-methyl/N-ethyl adjacent to an activating group) is 1. The zero-order chi connectivity index (χ0) is 18.9. The van der Waals surface area contributed by atoms with Crippen LogP contribution in [0.1, 0.15) is 18.7 Å². The quantitative estimate of drug-likeness (QED) is 0.442. The molecule has 3 rings (SSSR count). The number of aromatic nitrogens is 1. The Hall–Kier alpha value is -2.59. The third-order valence-corrected chi connectivity index (χ3v) is 3.71. The van der Waals surface area contributed by atoms with Crippen LogP contribution in [0.15, 0.2) is 54.7 Å². The summed E-state index contributed by atoms with van der Waals surface area (Å²) in [6.45, 7) is -1.47. The monoisotopic (exact) mass is 325 g/mol. The Labute approximate surface area is 145 Å². The smallest absolute Gasteiger partial charge is 0.343 e. The van der Waals surface area contributed by atoms with Crippen LogP contribution in [0.2, 0.25) is 0 Å². The molecule has 0 atom stereocenters. The zero-order valence-electron chi connectivity index (χ0n) is 16.2. The van der Waals surface area contributed by atoms with E-state index in [2.05, 4.69) is 4.98 Å². The van der Waals surface area contributed by atoms with E-state index in [-0.39, 0.29) is 10.9 Å². The lowest BCUT2D eigenvalue weighted by Gasteiger charge is -2.23. The molecule has 0 spiro atoms. The second kappa shape index (κ2) is 6.49. The minimum Gasteiger partial charge on any atom is -0.422 e. The summed E-state index contributed by atoms with van der Waals surface area (Å²) in [5.74, 6) is 0.00433. The van der Waals surface area contributed by atoms with Gasteiger partial charge in [0.2, 0.25) is 0 Å². The van der Waals surface area contributed by atoms with Crippen molar-refractivity contribution in [2.45, 2.75) is 6.42 Å². The molecular formula is C20H23N2O2+. The van der Waals surface area contributed by atoms with Crippen molar-refractivity contribution in [3.8, 4) is 5.75 Å². The van der Waals surface area contributed by atoms with Gasteiger partial charge in [-0.3, -0.25) is 0 Å². The van der Waals surface area contributed by atoms with Crippen molar-refractivity contribution in [1.29, 1.82) is 0 Å². The predicted octanol–water partition coefficient (Wildman–Crippen LogP) is 3.64. The molecule has 0 aliphatic carbocycles. The molecular weight excluding hydrogens is 300 g/mol. The molecule has 0 radical (unpaired) electrons. The molecule has 4 heteroatoms. The minimum absolute atomic E-state index is 0.172. The van der Waals surface area contributed by atoms with E-state index in [4.69, 9.17) is 7.48 Å². The van der Waals surface area contributed by atoms with Crippen LogP contribution in [0.25, 0.3) is 10.9 Å². The van der Waals surface area contributed by atoms with Gasteiger partial charge in [-0.15, -0.1) is 0 Å². The lowest BCUT2D eigenvalue weighted by Crippen LogP contribution is -2.36. The summed E-state index contributed by atoms with van der Waals surface area (Å²) in [4.78, 5) is 15.6. The number of quaternary nitrogens is 1. The summed E-state index contributed by atoms with van der Waals surface area (Å²) in [7, 11) is 5.47. The maximum absolute atomic E-state index is 12.4. The molecule has 0 bridgehead atoms. The molecule has 0 saturated carbocycles. The number of nitrogens with one attached hydrogen (secondary N) is 1. The molecule has 1 N–H and O–H groups in total. The van der Waals surface area contributed by atoms with Crippen LogP contribution in [0.5, 0.6) is 5.75 Å². The first-order valence-electron chi connectivity index (χ1n) is 8.87. The second-order valence-electron chi connectivity index (χ2n) is 6.60. The Bertz CT molecular complexity index is 928. The van der Waals surface area contributed by atoms with Gasteiger partial charge in [0.1, 0.15) is 5.75 Å². The number of hydrogen-bond acceptors (Lipinski definition) is 2. The van der Waals surface area contributed by atoms with Gasteiger partial charge in [0.15, 0.2) is 0 Å². The second-order valence-corrected chi connectivity index (χ2v) is 6.60. The van der Waals surface area contributed by atoms with Gasteiger partial charge in [0, 0.05) is 23.5 Å². The normalized spacial score (nSPS) is 13.5. The number of rotatable bonds is 5. The summed E-state index contributed by atoms with van der Waals surface area (Å²) in [6.07, 6.45) is 1.99. The highest BCUT2D eigenvalue weighted by molar-refractivity contribution is 5.96. The summed E-state index contributed by atoms with van der Waals surface area (Å²) in [5.41, 5.74) is 2.08. The largest absolute Gasteiger partial charge is 0.422 e. The van der Waals surface area contributed by atoms with E-state index in [9.17, 15) is 4.79 Å². The van der Waals surface area contributed by atoms with Crippen molar-refractivity contribution < 1.29 is 16.8 Å². The third-order valence-electron chi connectivity index (χ3n) is 3.71. The lowest BCUT2D eigenvalue weighted by atomic mass is 10.1. The van der Waals surface area contributed by atoms with Gasteiger partial charge in [-0.05, 0) is 29.8 Å². The van der Waals surface area contributed by atoms with E-state index < -0.39 is 12.5 Å². The van der Waals surface area contributed by atoms with Crippen molar-refractivity contribution in [2.24, 2.45) is 0 Å². The fourth-order valence-corrected chi connectivity index (χ4v) is 2.50. The van der Waals surface area contributed by atoms with Crippen molar-refractivity contribution in [3.63, 3.8) is 0 Å².